The minimum atomic E-state index is -0.822. The first-order valence-corrected chi connectivity index (χ1v) is 10.5. The molecule has 1 unspecified atom stereocenters. The third kappa shape index (κ3) is 4.62. The van der Waals surface area contributed by atoms with Crippen molar-refractivity contribution in [2.24, 2.45) is 0 Å². The molecule has 0 radical (unpaired) electrons. The van der Waals surface area contributed by atoms with E-state index in [1.165, 1.54) is 29.2 Å². The Balaban J connectivity index is 2.03. The number of rotatable bonds is 5. The Bertz CT molecular complexity index is 1070. The molecule has 1 amide bonds. The molecule has 3 rings (SSSR count). The topological polar surface area (TPSA) is 70.4 Å². The molecule has 0 aromatic heterocycles. The van der Waals surface area contributed by atoms with Crippen LogP contribution in [-0.2, 0) is 20.7 Å². The Labute approximate surface area is 187 Å². The summed E-state index contributed by atoms with van der Waals surface area (Å²) in [5.74, 6) is -1.64. The average molecular weight is 465 g/mol. The van der Waals surface area contributed by atoms with Gasteiger partial charge in [0.25, 0.3) is 0 Å². The number of nitrogens with zero attached hydrogens (tertiary/aromatic N) is 2. The minimum Gasteiger partial charge on any atom is -0.462 e. The van der Waals surface area contributed by atoms with Crippen molar-refractivity contribution in [1.82, 2.24) is 0 Å². The van der Waals surface area contributed by atoms with Crippen molar-refractivity contribution in [1.29, 1.82) is 5.26 Å². The van der Waals surface area contributed by atoms with Crippen molar-refractivity contribution >= 4 is 52.5 Å². The lowest BCUT2D eigenvalue weighted by atomic mass is 10.1. The molecular weight excluding hydrogens is 450 g/mol. The number of ether oxygens (including phenoxy) is 1. The molecule has 5 nitrogen and oxygen atoms in total. The van der Waals surface area contributed by atoms with Crippen LogP contribution in [0.1, 0.15) is 12.5 Å². The molecule has 154 valence electrons. The fraction of sp³-hybridized carbons (Fsp3) is 0.190. The van der Waals surface area contributed by atoms with Crippen molar-refractivity contribution < 1.29 is 18.7 Å². The average Bonchev–Trinajstić information content (AvgIpc) is 3.02. The van der Waals surface area contributed by atoms with Gasteiger partial charge in [0, 0.05) is 5.69 Å². The van der Waals surface area contributed by atoms with Gasteiger partial charge in [-0.2, -0.15) is 5.26 Å². The highest BCUT2D eigenvalue weighted by Crippen LogP contribution is 2.42. The third-order valence-electron chi connectivity index (χ3n) is 4.25. The summed E-state index contributed by atoms with van der Waals surface area (Å²) >= 11 is 13.1. The predicted molar refractivity (Wildman–Crippen MR) is 115 cm³/mol. The second kappa shape index (κ2) is 9.52. The van der Waals surface area contributed by atoms with Crippen LogP contribution in [0.15, 0.2) is 53.1 Å². The van der Waals surface area contributed by atoms with Gasteiger partial charge in [0.2, 0.25) is 5.91 Å². The van der Waals surface area contributed by atoms with Crippen LogP contribution in [0.3, 0.4) is 0 Å². The number of hydrogen-bond acceptors (Lipinski definition) is 5. The Morgan fingerprint density at radius 1 is 1.23 bits per heavy atom. The molecule has 0 spiro atoms. The fourth-order valence-corrected chi connectivity index (χ4v) is 4.50. The van der Waals surface area contributed by atoms with Gasteiger partial charge in [-0.1, -0.05) is 41.0 Å². The molecule has 0 saturated carbocycles. The van der Waals surface area contributed by atoms with Crippen LogP contribution in [0, 0.1) is 17.1 Å². The van der Waals surface area contributed by atoms with E-state index in [2.05, 4.69) is 0 Å². The van der Waals surface area contributed by atoms with Crippen molar-refractivity contribution in [3.8, 4) is 6.07 Å². The standard InChI is InChI=1S/C21H15Cl2FN2O3S/c1-2-29-21(28)15(11-25)20-26(14-6-4-13(24)5-7-14)19(27)18(30-20)10-12-3-8-16(22)17(23)9-12/h3-9,18H,2,10H2,1H3/b20-15-. The lowest BCUT2D eigenvalue weighted by Crippen LogP contribution is -2.30. The summed E-state index contributed by atoms with van der Waals surface area (Å²) < 4.78 is 18.4. The van der Waals surface area contributed by atoms with Crippen LogP contribution in [0.25, 0.3) is 0 Å². The second-order valence-corrected chi connectivity index (χ2v) is 8.23. The molecule has 2 aromatic carbocycles. The van der Waals surface area contributed by atoms with Gasteiger partial charge >= 0.3 is 5.97 Å². The molecule has 1 saturated heterocycles. The van der Waals surface area contributed by atoms with E-state index < -0.39 is 17.0 Å². The smallest absolute Gasteiger partial charge is 0.351 e. The van der Waals surface area contributed by atoms with Crippen molar-refractivity contribution in [2.75, 3.05) is 11.5 Å². The predicted octanol–water partition coefficient (Wildman–Crippen LogP) is 5.12. The zero-order valence-electron chi connectivity index (χ0n) is 15.7. The number of hydrogen-bond donors (Lipinski definition) is 0. The molecule has 9 heteroatoms. The van der Waals surface area contributed by atoms with Crippen molar-refractivity contribution in [3.05, 3.63) is 74.5 Å². The van der Waals surface area contributed by atoms with Gasteiger partial charge < -0.3 is 4.74 Å². The van der Waals surface area contributed by atoms with Crippen LogP contribution in [-0.4, -0.2) is 23.7 Å². The highest BCUT2D eigenvalue weighted by atomic mass is 35.5. The first kappa shape index (κ1) is 22.2. The summed E-state index contributed by atoms with van der Waals surface area (Å²) in [6, 6.07) is 12.1. The van der Waals surface area contributed by atoms with Crippen LogP contribution in [0.5, 0.6) is 0 Å². The Morgan fingerprint density at radius 2 is 1.93 bits per heavy atom. The van der Waals surface area contributed by atoms with Crippen LogP contribution >= 0.6 is 35.0 Å². The molecule has 2 aromatic rings. The highest BCUT2D eigenvalue weighted by molar-refractivity contribution is 8.05. The molecule has 1 atom stereocenters. The number of nitriles is 1. The van der Waals surface area contributed by atoms with Crippen LogP contribution in [0.2, 0.25) is 10.0 Å². The summed E-state index contributed by atoms with van der Waals surface area (Å²) in [6.45, 7) is 1.70. The van der Waals surface area contributed by atoms with Gasteiger partial charge in [0.15, 0.2) is 5.57 Å². The zero-order valence-corrected chi connectivity index (χ0v) is 18.0. The van der Waals surface area contributed by atoms with E-state index in [1.807, 2.05) is 6.07 Å². The number of esters is 1. The Hall–Kier alpha value is -2.53. The molecule has 1 fully saturated rings. The Morgan fingerprint density at radius 3 is 2.53 bits per heavy atom. The largest absolute Gasteiger partial charge is 0.462 e. The van der Waals surface area contributed by atoms with E-state index in [0.29, 0.717) is 22.2 Å². The zero-order chi connectivity index (χ0) is 21.8. The van der Waals surface area contributed by atoms with E-state index in [0.717, 1.165) is 17.3 Å². The van der Waals surface area contributed by atoms with Gasteiger partial charge in [-0.05, 0) is 55.3 Å². The van der Waals surface area contributed by atoms with Gasteiger partial charge in [-0.3, -0.25) is 9.69 Å². The van der Waals surface area contributed by atoms with Crippen molar-refractivity contribution in [2.45, 2.75) is 18.6 Å². The maximum Gasteiger partial charge on any atom is 0.351 e. The van der Waals surface area contributed by atoms with Gasteiger partial charge in [-0.15, -0.1) is 0 Å². The first-order chi connectivity index (χ1) is 14.3. The first-order valence-electron chi connectivity index (χ1n) is 8.87. The maximum atomic E-state index is 13.4. The van der Waals surface area contributed by atoms with Crippen LogP contribution < -0.4 is 4.90 Å². The third-order valence-corrected chi connectivity index (χ3v) is 6.25. The molecule has 0 N–H and O–H groups in total. The van der Waals surface area contributed by atoms with Crippen LogP contribution in [0.4, 0.5) is 10.1 Å². The van der Waals surface area contributed by atoms with E-state index in [9.17, 15) is 19.2 Å². The summed E-state index contributed by atoms with van der Waals surface area (Å²) in [4.78, 5) is 26.8. The van der Waals surface area contributed by atoms with E-state index in [4.69, 9.17) is 27.9 Å². The molecule has 0 aliphatic carbocycles. The molecule has 1 aliphatic rings. The van der Waals surface area contributed by atoms with E-state index in [-0.39, 0.29) is 23.1 Å². The summed E-state index contributed by atoms with van der Waals surface area (Å²) in [6.07, 6.45) is 0.295. The summed E-state index contributed by atoms with van der Waals surface area (Å²) in [7, 11) is 0. The quantitative estimate of drug-likeness (QED) is 0.348. The van der Waals surface area contributed by atoms with Gasteiger partial charge in [0.1, 0.15) is 16.9 Å². The number of amides is 1. The highest BCUT2D eigenvalue weighted by Gasteiger charge is 2.41. The molecule has 0 bridgehead atoms. The molecular formula is C21H15Cl2FN2O3S. The number of halogens is 3. The Kier molecular flexibility index (Phi) is 7.03. The SMILES string of the molecule is CCOC(=O)/C(C#N)=C1\SC(Cc2ccc(Cl)c(Cl)c2)C(=O)N1c1ccc(F)cc1. The lowest BCUT2D eigenvalue weighted by Gasteiger charge is -2.18. The molecule has 1 aliphatic heterocycles. The van der Waals surface area contributed by atoms with E-state index in [1.54, 1.807) is 25.1 Å². The summed E-state index contributed by atoms with van der Waals surface area (Å²) in [5.41, 5.74) is 0.832. The number of carbonyl (C=O) groups excluding carboxylic acids is 2. The normalized spacial score (nSPS) is 17.6. The molecule has 1 heterocycles. The van der Waals surface area contributed by atoms with Crippen molar-refractivity contribution in [3.63, 3.8) is 0 Å². The number of anilines is 1. The number of thioether (sulfide) groups is 1. The second-order valence-electron chi connectivity index (χ2n) is 6.22. The van der Waals surface area contributed by atoms with Gasteiger partial charge in [-0.25, -0.2) is 9.18 Å². The fourth-order valence-electron chi connectivity index (χ4n) is 2.88. The maximum absolute atomic E-state index is 13.4. The summed E-state index contributed by atoms with van der Waals surface area (Å²) in [5, 5.41) is 9.85. The number of carbonyl (C=O) groups is 2. The number of benzene rings is 2. The minimum absolute atomic E-state index is 0.0825. The van der Waals surface area contributed by atoms with Gasteiger partial charge in [0.05, 0.1) is 21.9 Å². The lowest BCUT2D eigenvalue weighted by molar-refractivity contribution is -0.138. The monoisotopic (exact) mass is 464 g/mol. The molecule has 30 heavy (non-hydrogen) atoms. The van der Waals surface area contributed by atoms with E-state index >= 15 is 0 Å².